The molecule has 0 aliphatic heterocycles. The van der Waals surface area contributed by atoms with E-state index in [4.69, 9.17) is 21.7 Å². The molecule has 2 N–H and O–H groups in total. The van der Waals surface area contributed by atoms with Gasteiger partial charge in [-0.05, 0) is 61.0 Å². The Morgan fingerprint density at radius 3 is 2.44 bits per heavy atom. The number of carbonyl (C=O) groups excluding carboxylic acids is 1. The highest BCUT2D eigenvalue weighted by Crippen LogP contribution is 2.19. The lowest BCUT2D eigenvalue weighted by atomic mass is 10.2. The van der Waals surface area contributed by atoms with Crippen LogP contribution in [0.5, 0.6) is 11.5 Å². The van der Waals surface area contributed by atoms with Gasteiger partial charge in [0.25, 0.3) is 5.91 Å². The summed E-state index contributed by atoms with van der Waals surface area (Å²) >= 11 is 5.25. The molecule has 2 aromatic rings. The second-order valence-corrected chi connectivity index (χ2v) is 6.89. The number of thiocarbonyl (C=S) groups is 1. The molecule has 2 aromatic carbocycles. The second kappa shape index (κ2) is 10.5. The molecule has 6 heteroatoms. The zero-order valence-electron chi connectivity index (χ0n) is 16.0. The lowest BCUT2D eigenvalue weighted by molar-refractivity contribution is 0.0973. The minimum Gasteiger partial charge on any atom is -0.494 e. The zero-order valence-corrected chi connectivity index (χ0v) is 16.8. The Hall–Kier alpha value is -2.60. The molecule has 2 rings (SSSR count). The summed E-state index contributed by atoms with van der Waals surface area (Å²) in [5.41, 5.74) is 1.22. The van der Waals surface area contributed by atoms with Crippen molar-refractivity contribution in [2.45, 2.75) is 27.2 Å². The number of nitrogens with one attached hydrogen (secondary N) is 2. The van der Waals surface area contributed by atoms with Crippen molar-refractivity contribution in [2.75, 3.05) is 18.5 Å². The fraction of sp³-hybridized carbons (Fsp3) is 0.333. The molecule has 27 heavy (non-hydrogen) atoms. The van der Waals surface area contributed by atoms with Crippen LogP contribution in [0, 0.1) is 5.92 Å². The zero-order chi connectivity index (χ0) is 19.6. The van der Waals surface area contributed by atoms with Crippen LogP contribution in [-0.4, -0.2) is 24.2 Å². The third-order valence-corrected chi connectivity index (χ3v) is 3.72. The number of para-hydroxylation sites is 1. The molecular weight excluding hydrogens is 360 g/mol. The number of hydrogen-bond acceptors (Lipinski definition) is 4. The van der Waals surface area contributed by atoms with Crippen LogP contribution in [0.1, 0.15) is 37.6 Å². The van der Waals surface area contributed by atoms with Crippen molar-refractivity contribution in [1.82, 2.24) is 5.32 Å². The number of ether oxygens (including phenoxy) is 2. The quantitative estimate of drug-likeness (QED) is 0.648. The molecule has 0 aliphatic carbocycles. The Balaban J connectivity index is 1.94. The van der Waals surface area contributed by atoms with E-state index >= 15 is 0 Å². The van der Waals surface area contributed by atoms with Gasteiger partial charge in [-0.25, -0.2) is 0 Å². The van der Waals surface area contributed by atoms with Gasteiger partial charge >= 0.3 is 0 Å². The fourth-order valence-corrected chi connectivity index (χ4v) is 2.43. The summed E-state index contributed by atoms with van der Waals surface area (Å²) in [4.78, 5) is 12.5. The SMILES string of the molecule is CCCOc1ccc(NC(=S)NC(=O)c2ccccc2OCC(C)C)cc1. The van der Waals surface area contributed by atoms with Crippen molar-refractivity contribution in [3.05, 3.63) is 54.1 Å². The number of carbonyl (C=O) groups is 1. The van der Waals surface area contributed by atoms with Crippen molar-refractivity contribution >= 4 is 28.9 Å². The van der Waals surface area contributed by atoms with Crippen LogP contribution < -0.4 is 20.1 Å². The number of rotatable bonds is 8. The molecule has 1 amide bonds. The lowest BCUT2D eigenvalue weighted by Crippen LogP contribution is -2.34. The largest absolute Gasteiger partial charge is 0.494 e. The standard InChI is InChI=1S/C21H26N2O3S/c1-4-13-25-17-11-9-16(10-12-17)22-21(27)23-20(24)18-7-5-6-8-19(18)26-14-15(2)3/h5-12,15H,4,13-14H2,1-3H3,(H2,22,23,24,27). The maximum atomic E-state index is 12.5. The molecule has 5 nitrogen and oxygen atoms in total. The second-order valence-electron chi connectivity index (χ2n) is 6.48. The van der Waals surface area contributed by atoms with E-state index in [9.17, 15) is 4.79 Å². The summed E-state index contributed by atoms with van der Waals surface area (Å²) < 4.78 is 11.3. The van der Waals surface area contributed by atoms with E-state index in [1.54, 1.807) is 18.2 Å². The van der Waals surface area contributed by atoms with Gasteiger partial charge in [-0.1, -0.05) is 32.9 Å². The highest BCUT2D eigenvalue weighted by atomic mass is 32.1. The van der Waals surface area contributed by atoms with Crippen molar-refractivity contribution in [2.24, 2.45) is 5.92 Å². The van der Waals surface area contributed by atoms with Gasteiger partial charge in [-0.15, -0.1) is 0 Å². The van der Waals surface area contributed by atoms with E-state index in [1.165, 1.54) is 0 Å². The Morgan fingerprint density at radius 1 is 1.07 bits per heavy atom. The summed E-state index contributed by atoms with van der Waals surface area (Å²) in [6.45, 7) is 7.39. The third kappa shape index (κ3) is 6.90. The van der Waals surface area contributed by atoms with Crippen molar-refractivity contribution in [3.8, 4) is 11.5 Å². The summed E-state index contributed by atoms with van der Waals surface area (Å²) in [7, 11) is 0. The van der Waals surface area contributed by atoms with Crippen LogP contribution >= 0.6 is 12.2 Å². The normalized spacial score (nSPS) is 10.4. The average molecular weight is 387 g/mol. The molecule has 0 radical (unpaired) electrons. The van der Waals surface area contributed by atoms with Gasteiger partial charge in [0.1, 0.15) is 11.5 Å². The Morgan fingerprint density at radius 2 is 1.78 bits per heavy atom. The number of amides is 1. The molecule has 0 unspecified atom stereocenters. The van der Waals surface area contributed by atoms with Crippen LogP contribution in [0.25, 0.3) is 0 Å². The van der Waals surface area contributed by atoms with Crippen LogP contribution in [0.4, 0.5) is 5.69 Å². The first-order valence-electron chi connectivity index (χ1n) is 9.06. The predicted molar refractivity (Wildman–Crippen MR) is 113 cm³/mol. The van der Waals surface area contributed by atoms with Gasteiger partial charge in [-0.2, -0.15) is 0 Å². The number of anilines is 1. The predicted octanol–water partition coefficient (Wildman–Crippen LogP) is 4.64. The van der Waals surface area contributed by atoms with E-state index in [0.29, 0.717) is 30.4 Å². The van der Waals surface area contributed by atoms with Gasteiger partial charge in [0.2, 0.25) is 0 Å². The van der Waals surface area contributed by atoms with Gasteiger partial charge in [0, 0.05) is 5.69 Å². The van der Waals surface area contributed by atoms with Crippen LogP contribution in [0.15, 0.2) is 48.5 Å². The molecule has 0 heterocycles. The van der Waals surface area contributed by atoms with Crippen molar-refractivity contribution in [3.63, 3.8) is 0 Å². The monoisotopic (exact) mass is 386 g/mol. The Labute approximate surface area is 166 Å². The van der Waals surface area contributed by atoms with Gasteiger partial charge in [-0.3, -0.25) is 10.1 Å². The smallest absolute Gasteiger partial charge is 0.261 e. The molecule has 0 bridgehead atoms. The summed E-state index contributed by atoms with van der Waals surface area (Å²) in [5, 5.41) is 5.91. The molecule has 0 spiro atoms. The summed E-state index contributed by atoms with van der Waals surface area (Å²) in [6, 6.07) is 14.5. The van der Waals surface area contributed by atoms with E-state index < -0.39 is 0 Å². The first-order chi connectivity index (χ1) is 13.0. The maximum Gasteiger partial charge on any atom is 0.261 e. The first-order valence-corrected chi connectivity index (χ1v) is 9.47. The van der Waals surface area contributed by atoms with Crippen molar-refractivity contribution in [1.29, 1.82) is 0 Å². The minimum absolute atomic E-state index is 0.223. The highest BCUT2D eigenvalue weighted by molar-refractivity contribution is 7.80. The average Bonchev–Trinajstić information content (AvgIpc) is 2.66. The van der Waals surface area contributed by atoms with E-state index in [2.05, 4.69) is 31.4 Å². The van der Waals surface area contributed by atoms with E-state index in [0.717, 1.165) is 17.9 Å². The van der Waals surface area contributed by atoms with Gasteiger partial charge in [0.15, 0.2) is 5.11 Å². The van der Waals surface area contributed by atoms with Crippen molar-refractivity contribution < 1.29 is 14.3 Å². The third-order valence-electron chi connectivity index (χ3n) is 3.52. The highest BCUT2D eigenvalue weighted by Gasteiger charge is 2.14. The van der Waals surface area contributed by atoms with Gasteiger partial charge < -0.3 is 14.8 Å². The summed E-state index contributed by atoms with van der Waals surface area (Å²) in [5.74, 6) is 1.40. The Bertz CT molecular complexity index is 760. The topological polar surface area (TPSA) is 59.6 Å². The molecule has 144 valence electrons. The molecule has 0 atom stereocenters. The molecule has 0 aromatic heterocycles. The first kappa shape index (κ1) is 20.7. The lowest BCUT2D eigenvalue weighted by Gasteiger charge is -2.14. The van der Waals surface area contributed by atoms with E-state index in [1.807, 2.05) is 30.3 Å². The van der Waals surface area contributed by atoms with Crippen LogP contribution in [-0.2, 0) is 0 Å². The van der Waals surface area contributed by atoms with Crippen LogP contribution in [0.2, 0.25) is 0 Å². The molecular formula is C21H26N2O3S. The van der Waals surface area contributed by atoms with Gasteiger partial charge in [0.05, 0.1) is 18.8 Å². The molecule has 0 fully saturated rings. The molecule has 0 aliphatic rings. The molecule has 0 saturated carbocycles. The summed E-state index contributed by atoms with van der Waals surface area (Å²) in [6.07, 6.45) is 0.957. The van der Waals surface area contributed by atoms with E-state index in [-0.39, 0.29) is 11.0 Å². The Kier molecular flexibility index (Phi) is 8.07. The number of hydrogen-bond donors (Lipinski definition) is 2. The fourth-order valence-electron chi connectivity index (χ4n) is 2.22. The minimum atomic E-state index is -0.310. The number of benzene rings is 2. The maximum absolute atomic E-state index is 12.5. The van der Waals surface area contributed by atoms with Crippen LogP contribution in [0.3, 0.4) is 0 Å². The molecule has 0 saturated heterocycles.